The summed E-state index contributed by atoms with van der Waals surface area (Å²) in [6, 6.07) is 13.1. The molecule has 0 saturated heterocycles. The van der Waals surface area contributed by atoms with Crippen molar-refractivity contribution in [2.75, 3.05) is 0 Å². The summed E-state index contributed by atoms with van der Waals surface area (Å²) < 4.78 is 11.9. The Bertz CT molecular complexity index is 389. The van der Waals surface area contributed by atoms with Gasteiger partial charge in [0.2, 0.25) is 0 Å². The second-order valence-electron chi connectivity index (χ2n) is 2.67. The van der Waals surface area contributed by atoms with E-state index in [0.717, 1.165) is 6.29 Å². The summed E-state index contributed by atoms with van der Waals surface area (Å²) in [4.78, 5) is 13.7. The van der Waals surface area contributed by atoms with Crippen LogP contribution in [0.2, 0.25) is 0 Å². The van der Waals surface area contributed by atoms with Crippen LogP contribution >= 0.6 is 0 Å². The number of pyridine rings is 1. The highest BCUT2D eigenvalue weighted by Crippen LogP contribution is 1.91. The van der Waals surface area contributed by atoms with Crippen molar-refractivity contribution in [3.63, 3.8) is 0 Å². The van der Waals surface area contributed by atoms with E-state index >= 15 is 0 Å². The molecular formula is C12H10FNO. The molecule has 2 nitrogen and oxygen atoms in total. The summed E-state index contributed by atoms with van der Waals surface area (Å²) in [6.45, 7) is 0. The van der Waals surface area contributed by atoms with Crippen LogP contribution < -0.4 is 0 Å². The van der Waals surface area contributed by atoms with E-state index in [-0.39, 0.29) is 5.82 Å². The first-order valence-corrected chi connectivity index (χ1v) is 4.39. The minimum absolute atomic E-state index is 0.178. The first-order valence-electron chi connectivity index (χ1n) is 4.39. The Hall–Kier alpha value is -2.03. The van der Waals surface area contributed by atoms with Crippen molar-refractivity contribution < 1.29 is 9.18 Å². The van der Waals surface area contributed by atoms with Gasteiger partial charge >= 0.3 is 0 Å². The Morgan fingerprint density at radius 2 is 1.67 bits per heavy atom. The molecule has 15 heavy (non-hydrogen) atoms. The van der Waals surface area contributed by atoms with Gasteiger partial charge < -0.3 is 0 Å². The molecule has 0 amide bonds. The summed E-state index contributed by atoms with van der Waals surface area (Å²) in [5, 5.41) is 0. The molecule has 0 unspecified atom stereocenters. The molecule has 0 aliphatic rings. The Kier molecular flexibility index (Phi) is 4.73. The molecule has 0 bridgehead atoms. The summed E-state index contributed by atoms with van der Waals surface area (Å²) in [5.74, 6) is -0.178. The van der Waals surface area contributed by atoms with Gasteiger partial charge in [-0.15, -0.1) is 0 Å². The summed E-state index contributed by atoms with van der Waals surface area (Å²) >= 11 is 0. The third-order valence-corrected chi connectivity index (χ3v) is 1.54. The van der Waals surface area contributed by atoms with Crippen molar-refractivity contribution in [1.29, 1.82) is 0 Å². The molecule has 0 aliphatic carbocycles. The lowest BCUT2D eigenvalue weighted by atomic mass is 10.4. The van der Waals surface area contributed by atoms with Gasteiger partial charge in [0, 0.05) is 6.20 Å². The number of benzene rings is 1. The van der Waals surface area contributed by atoms with Crippen LogP contribution in [-0.2, 0) is 0 Å². The van der Waals surface area contributed by atoms with E-state index in [9.17, 15) is 9.18 Å². The number of aromatic nitrogens is 1. The van der Waals surface area contributed by atoms with E-state index in [1.165, 1.54) is 12.1 Å². The Balaban J connectivity index is 0.000000151. The normalized spacial score (nSPS) is 8.60. The first kappa shape index (κ1) is 11.0. The van der Waals surface area contributed by atoms with Gasteiger partial charge in [-0.05, 0) is 24.3 Å². The quantitative estimate of drug-likeness (QED) is 0.667. The molecule has 0 spiro atoms. The molecule has 1 aromatic heterocycles. The highest BCUT2D eigenvalue weighted by Gasteiger charge is 1.81. The fourth-order valence-electron chi connectivity index (χ4n) is 0.860. The van der Waals surface area contributed by atoms with Gasteiger partial charge in [-0.2, -0.15) is 0 Å². The van der Waals surface area contributed by atoms with Crippen molar-refractivity contribution >= 4 is 6.29 Å². The maximum Gasteiger partial charge on any atom is 0.168 e. The van der Waals surface area contributed by atoms with Gasteiger partial charge in [0.25, 0.3) is 0 Å². The molecule has 0 N–H and O–H groups in total. The maximum atomic E-state index is 11.9. The van der Waals surface area contributed by atoms with E-state index in [4.69, 9.17) is 0 Å². The zero-order chi connectivity index (χ0) is 10.9. The molecule has 0 saturated carbocycles. The molecule has 2 rings (SSSR count). The molecule has 0 fully saturated rings. The Morgan fingerprint density at radius 3 is 2.00 bits per heavy atom. The smallest absolute Gasteiger partial charge is 0.168 e. The van der Waals surface area contributed by atoms with Gasteiger partial charge in [0.05, 0.1) is 0 Å². The zero-order valence-electron chi connectivity index (χ0n) is 8.01. The molecule has 76 valence electrons. The molecule has 1 aromatic carbocycles. The van der Waals surface area contributed by atoms with Crippen molar-refractivity contribution in [2.24, 2.45) is 0 Å². The van der Waals surface area contributed by atoms with Gasteiger partial charge in [-0.25, -0.2) is 4.39 Å². The number of carbonyl (C=O) groups is 1. The van der Waals surface area contributed by atoms with Crippen LogP contribution in [0.3, 0.4) is 0 Å². The number of carbonyl (C=O) groups excluding carboxylic acids is 1. The minimum Gasteiger partial charge on any atom is -0.296 e. The minimum atomic E-state index is -0.178. The van der Waals surface area contributed by atoms with Crippen LogP contribution in [0.1, 0.15) is 10.5 Å². The topological polar surface area (TPSA) is 30.0 Å². The lowest BCUT2D eigenvalue weighted by Gasteiger charge is -1.81. The lowest BCUT2D eigenvalue weighted by Crippen LogP contribution is -1.80. The average molecular weight is 203 g/mol. The van der Waals surface area contributed by atoms with Crippen LogP contribution in [0.5, 0.6) is 0 Å². The predicted octanol–water partition coefficient (Wildman–Crippen LogP) is 2.72. The Morgan fingerprint density at radius 1 is 1.00 bits per heavy atom. The number of hydrogen-bond acceptors (Lipinski definition) is 2. The monoisotopic (exact) mass is 203 g/mol. The van der Waals surface area contributed by atoms with E-state index < -0.39 is 0 Å². The summed E-state index contributed by atoms with van der Waals surface area (Å²) in [5.41, 5.74) is 0.479. The van der Waals surface area contributed by atoms with Crippen molar-refractivity contribution in [1.82, 2.24) is 4.98 Å². The number of hydrogen-bond donors (Lipinski definition) is 0. The van der Waals surface area contributed by atoms with Crippen LogP contribution in [0.25, 0.3) is 0 Å². The second-order valence-corrected chi connectivity index (χ2v) is 2.67. The highest BCUT2D eigenvalue weighted by molar-refractivity contribution is 5.71. The molecule has 0 atom stereocenters. The van der Waals surface area contributed by atoms with E-state index in [1.54, 1.807) is 42.6 Å². The highest BCUT2D eigenvalue weighted by atomic mass is 19.1. The van der Waals surface area contributed by atoms with Gasteiger partial charge in [0.1, 0.15) is 11.5 Å². The zero-order valence-corrected chi connectivity index (χ0v) is 8.01. The largest absolute Gasteiger partial charge is 0.296 e. The van der Waals surface area contributed by atoms with Crippen molar-refractivity contribution in [2.45, 2.75) is 0 Å². The standard InChI is InChI=1S/C6H5F.C6H5NO/c7-6-4-2-1-3-5-6;8-5-6-3-1-2-4-7-6/h1-5H;1-5H. The van der Waals surface area contributed by atoms with Crippen molar-refractivity contribution in [3.05, 3.63) is 66.2 Å². The number of nitrogens with zero attached hydrogens (tertiary/aromatic N) is 1. The average Bonchev–Trinajstić information content (AvgIpc) is 2.32. The van der Waals surface area contributed by atoms with Gasteiger partial charge in [-0.1, -0.05) is 24.3 Å². The number of aldehydes is 1. The fraction of sp³-hybridized carbons (Fsp3) is 0. The van der Waals surface area contributed by atoms with Crippen LogP contribution in [-0.4, -0.2) is 11.3 Å². The van der Waals surface area contributed by atoms with E-state index in [2.05, 4.69) is 4.98 Å². The third kappa shape index (κ3) is 4.67. The van der Waals surface area contributed by atoms with Gasteiger partial charge in [0.15, 0.2) is 6.29 Å². The molecule has 0 aliphatic heterocycles. The van der Waals surface area contributed by atoms with E-state index in [1.807, 2.05) is 0 Å². The summed E-state index contributed by atoms with van der Waals surface area (Å²) in [7, 11) is 0. The Labute approximate surface area is 87.4 Å². The maximum absolute atomic E-state index is 11.9. The van der Waals surface area contributed by atoms with E-state index in [0.29, 0.717) is 5.69 Å². The molecule has 3 heteroatoms. The second kappa shape index (κ2) is 6.43. The molecule has 1 heterocycles. The van der Waals surface area contributed by atoms with Crippen LogP contribution in [0.4, 0.5) is 4.39 Å². The number of rotatable bonds is 1. The van der Waals surface area contributed by atoms with Crippen molar-refractivity contribution in [3.8, 4) is 0 Å². The molecular weight excluding hydrogens is 193 g/mol. The van der Waals surface area contributed by atoms with Crippen LogP contribution in [0.15, 0.2) is 54.7 Å². The predicted molar refractivity (Wildman–Crippen MR) is 56.0 cm³/mol. The lowest BCUT2D eigenvalue weighted by molar-refractivity contribution is 0.111. The number of halogens is 1. The fourth-order valence-corrected chi connectivity index (χ4v) is 0.860. The first-order chi connectivity index (χ1) is 7.33. The molecule has 0 radical (unpaired) electrons. The summed E-state index contributed by atoms with van der Waals surface area (Å²) in [6.07, 6.45) is 2.31. The van der Waals surface area contributed by atoms with Crippen LogP contribution in [0, 0.1) is 5.82 Å². The SMILES string of the molecule is Fc1ccccc1.O=Cc1ccccn1. The molecule has 2 aromatic rings. The van der Waals surface area contributed by atoms with Gasteiger partial charge in [-0.3, -0.25) is 9.78 Å². The third-order valence-electron chi connectivity index (χ3n) is 1.54.